The van der Waals surface area contributed by atoms with E-state index in [4.69, 9.17) is 4.74 Å². The molecule has 2 fully saturated rings. The van der Waals surface area contributed by atoms with Gasteiger partial charge < -0.3 is 10.1 Å². The maximum absolute atomic E-state index is 12.0. The van der Waals surface area contributed by atoms with Crippen molar-refractivity contribution in [1.82, 2.24) is 5.32 Å². The molecule has 5 rings (SSSR count). The van der Waals surface area contributed by atoms with E-state index in [0.717, 1.165) is 5.56 Å². The summed E-state index contributed by atoms with van der Waals surface area (Å²) in [6, 6.07) is 30.4. The van der Waals surface area contributed by atoms with Crippen LogP contribution in [0.25, 0.3) is 0 Å². The van der Waals surface area contributed by atoms with Crippen molar-refractivity contribution in [2.24, 2.45) is 0 Å². The molecule has 0 aliphatic heterocycles. The summed E-state index contributed by atoms with van der Waals surface area (Å²) in [5.74, 6) is -0.193. The van der Waals surface area contributed by atoms with Gasteiger partial charge in [-0.25, -0.2) is 4.79 Å². The molecule has 0 heterocycles. The number of amides is 1. The number of ether oxygens (including phenoxy) is 1. The van der Waals surface area contributed by atoms with Crippen molar-refractivity contribution in [1.29, 1.82) is 0 Å². The molecule has 3 aromatic rings. The Morgan fingerprint density at radius 1 is 0.718 bits per heavy atom. The summed E-state index contributed by atoms with van der Waals surface area (Å²) in [5.41, 5.74) is 2.38. The second kappa shape index (κ2) is 16.6. The molecule has 1 amide bonds. The minimum Gasteiger partial charge on any atom is -0.467 e. The molecule has 2 saturated carbocycles. The van der Waals surface area contributed by atoms with Gasteiger partial charge in [-0.1, -0.05) is 91.0 Å². The van der Waals surface area contributed by atoms with Crippen LogP contribution in [0.1, 0.15) is 5.56 Å². The zero-order valence-corrected chi connectivity index (χ0v) is 23.6. The van der Waals surface area contributed by atoms with Gasteiger partial charge in [-0.2, -0.15) is 0 Å². The zero-order chi connectivity index (χ0) is 26.6. The summed E-state index contributed by atoms with van der Waals surface area (Å²) in [6.07, 6.45) is 16.1. The number of methoxy groups -OCH3 is 1. The van der Waals surface area contributed by atoms with Gasteiger partial charge in [0, 0.05) is 12.1 Å². The van der Waals surface area contributed by atoms with Crippen LogP contribution in [0, 0.1) is 62.9 Å². The Labute approximate surface area is 245 Å². The third-order valence-electron chi connectivity index (χ3n) is 5.93. The van der Waals surface area contributed by atoms with E-state index in [1.807, 2.05) is 30.3 Å². The largest absolute Gasteiger partial charge is 2.00 e. The molecule has 0 aromatic heterocycles. The van der Waals surface area contributed by atoms with Crippen LogP contribution in [0.2, 0.25) is 0 Å². The first-order chi connectivity index (χ1) is 18.7. The first-order valence-corrected chi connectivity index (χ1v) is 13.8. The molecule has 0 spiro atoms. The Hall–Kier alpha value is -2.45. The van der Waals surface area contributed by atoms with Crippen molar-refractivity contribution in [3.8, 4) is 0 Å². The normalized spacial score (nSPS) is 16.1. The number of hydrogen-bond donors (Lipinski definition) is 1. The number of carbonyl (C=O) groups excluding carboxylic acids is 2. The van der Waals surface area contributed by atoms with Crippen molar-refractivity contribution in [2.75, 3.05) is 7.11 Å². The standard InChI is InChI=1S/C17H14P.C16H16NO3.Fe/c1-3-9-15(10-4-1)18(17-13-7-8-14-17)16-11-5-2-6-12-16;1-20-16(19)14(11-12-7-3-2-4-8-12)17-15(18)13-9-5-6-10-13;/h1-14H;2-10,14H,11H2,1H3,(H,17,18);/q;;+2/t;14-;/m.1./s1. The molecule has 0 unspecified atom stereocenters. The van der Waals surface area contributed by atoms with Crippen LogP contribution in [-0.4, -0.2) is 25.0 Å². The molecule has 3 aromatic carbocycles. The third-order valence-corrected chi connectivity index (χ3v) is 8.37. The smallest absolute Gasteiger partial charge is 0.467 e. The van der Waals surface area contributed by atoms with Gasteiger partial charge in [0.2, 0.25) is 5.91 Å². The van der Waals surface area contributed by atoms with Gasteiger partial charge >= 0.3 is 23.0 Å². The average Bonchev–Trinajstić information content (AvgIpc) is 3.70. The summed E-state index contributed by atoms with van der Waals surface area (Å²) < 4.78 is 4.75. The molecule has 1 N–H and O–H groups in total. The fourth-order valence-corrected chi connectivity index (χ4v) is 6.37. The second-order valence-electron chi connectivity index (χ2n) is 8.56. The monoisotopic (exact) mass is 575 g/mol. The Kier molecular flexibility index (Phi) is 13.2. The number of benzene rings is 3. The molecule has 196 valence electrons. The first kappa shape index (κ1) is 31.1. The van der Waals surface area contributed by atoms with E-state index in [9.17, 15) is 9.59 Å². The summed E-state index contributed by atoms with van der Waals surface area (Å²) in [7, 11) is 0.906. The zero-order valence-electron chi connectivity index (χ0n) is 21.6. The topological polar surface area (TPSA) is 55.4 Å². The molecule has 6 heteroatoms. The minimum atomic E-state index is -0.690. The van der Waals surface area contributed by atoms with Crippen LogP contribution < -0.4 is 15.9 Å². The minimum absolute atomic E-state index is 0. The Morgan fingerprint density at radius 3 is 1.67 bits per heavy atom. The van der Waals surface area contributed by atoms with Gasteiger partial charge in [-0.05, 0) is 75.5 Å². The van der Waals surface area contributed by atoms with Crippen molar-refractivity contribution < 1.29 is 31.4 Å². The Bertz CT molecular complexity index is 1080. The summed E-state index contributed by atoms with van der Waals surface area (Å²) >= 11 is 0. The average molecular weight is 575 g/mol. The van der Waals surface area contributed by atoms with Crippen LogP contribution in [0.5, 0.6) is 0 Å². The van der Waals surface area contributed by atoms with E-state index in [2.05, 4.69) is 91.7 Å². The number of rotatable bonds is 8. The molecule has 2 aliphatic carbocycles. The summed E-state index contributed by atoms with van der Waals surface area (Å²) in [6.45, 7) is 0. The maximum Gasteiger partial charge on any atom is 2.00 e. The molecule has 10 radical (unpaired) electrons. The quantitative estimate of drug-likeness (QED) is 0.239. The molecule has 0 saturated heterocycles. The molecule has 0 bridgehead atoms. The SMILES string of the molecule is COC(=O)[C@@H](Cc1ccccc1)NC(=O)[C]1[CH][CH][CH][CH]1.[CH]1[CH][CH][C](P(c2ccccc2)c2ccccc2)[CH]1.[Fe+2]. The van der Waals surface area contributed by atoms with Crippen LogP contribution in [0.15, 0.2) is 91.0 Å². The van der Waals surface area contributed by atoms with E-state index in [0.29, 0.717) is 12.3 Å². The number of esters is 1. The van der Waals surface area contributed by atoms with Crippen LogP contribution in [0.4, 0.5) is 0 Å². The second-order valence-corrected chi connectivity index (χ2v) is 10.8. The molecule has 2 aliphatic rings. The van der Waals surface area contributed by atoms with Gasteiger partial charge in [0.1, 0.15) is 6.04 Å². The van der Waals surface area contributed by atoms with E-state index in [1.165, 1.54) is 23.4 Å². The van der Waals surface area contributed by atoms with Gasteiger partial charge in [0.15, 0.2) is 0 Å². The summed E-state index contributed by atoms with van der Waals surface area (Å²) in [4.78, 5) is 23.8. The van der Waals surface area contributed by atoms with Crippen LogP contribution >= 0.6 is 7.92 Å². The Morgan fingerprint density at radius 2 is 1.18 bits per heavy atom. The van der Waals surface area contributed by atoms with E-state index in [1.54, 1.807) is 25.7 Å². The predicted octanol–water partition coefficient (Wildman–Crippen LogP) is 4.77. The molecular weight excluding hydrogens is 545 g/mol. The van der Waals surface area contributed by atoms with Crippen LogP contribution in [-0.2, 0) is 37.8 Å². The van der Waals surface area contributed by atoms with Crippen molar-refractivity contribution in [2.45, 2.75) is 12.5 Å². The fourth-order valence-electron chi connectivity index (χ4n) is 4.07. The third kappa shape index (κ3) is 9.31. The fraction of sp³-hybridized carbons (Fsp3) is 0.0909. The maximum atomic E-state index is 12.0. The van der Waals surface area contributed by atoms with Gasteiger partial charge in [0.25, 0.3) is 0 Å². The number of hydrogen-bond acceptors (Lipinski definition) is 3. The van der Waals surface area contributed by atoms with Gasteiger partial charge in [-0.3, -0.25) is 4.79 Å². The molecular formula is C33H30FeNO3P+2. The summed E-state index contributed by atoms with van der Waals surface area (Å²) in [5, 5.41) is 5.52. The van der Waals surface area contributed by atoms with Crippen molar-refractivity contribution in [3.63, 3.8) is 0 Å². The van der Waals surface area contributed by atoms with Crippen molar-refractivity contribution >= 4 is 30.4 Å². The van der Waals surface area contributed by atoms with Gasteiger partial charge in [0.05, 0.1) is 13.0 Å². The molecule has 39 heavy (non-hydrogen) atoms. The van der Waals surface area contributed by atoms with E-state index < -0.39 is 19.9 Å². The van der Waals surface area contributed by atoms with E-state index in [-0.39, 0.29) is 23.0 Å². The first-order valence-electron chi connectivity index (χ1n) is 12.4. The van der Waals surface area contributed by atoms with E-state index >= 15 is 0 Å². The number of nitrogens with one attached hydrogen (secondary N) is 1. The predicted molar refractivity (Wildman–Crippen MR) is 154 cm³/mol. The van der Waals surface area contributed by atoms with Crippen molar-refractivity contribution in [3.05, 3.63) is 160 Å². The molecule has 1 atom stereocenters. The Balaban J connectivity index is 0.000000211. The van der Waals surface area contributed by atoms with Crippen LogP contribution in [0.3, 0.4) is 0 Å². The van der Waals surface area contributed by atoms with Gasteiger partial charge in [-0.15, -0.1) is 0 Å². The molecule has 4 nitrogen and oxygen atoms in total. The number of carbonyl (C=O) groups is 2.